The summed E-state index contributed by atoms with van der Waals surface area (Å²) in [6.07, 6.45) is 2.22. The van der Waals surface area contributed by atoms with Crippen LogP contribution >= 0.6 is 0 Å². The first-order valence-corrected chi connectivity index (χ1v) is 6.38. The summed E-state index contributed by atoms with van der Waals surface area (Å²) in [7, 11) is 0. The van der Waals surface area contributed by atoms with Gasteiger partial charge in [0.25, 0.3) is 0 Å². The maximum absolute atomic E-state index is 9.11. The molecule has 1 heterocycles. The van der Waals surface area contributed by atoms with Gasteiger partial charge in [0, 0.05) is 18.8 Å². The Morgan fingerprint density at radius 3 is 2.71 bits per heavy atom. The predicted molar refractivity (Wildman–Crippen MR) is 70.7 cm³/mol. The lowest BCUT2D eigenvalue weighted by atomic mass is 9.97. The van der Waals surface area contributed by atoms with Crippen LogP contribution in [-0.4, -0.2) is 29.7 Å². The number of hydrogen-bond donors (Lipinski definition) is 2. The van der Waals surface area contributed by atoms with Crippen molar-refractivity contribution >= 4 is 5.69 Å². The fourth-order valence-electron chi connectivity index (χ4n) is 2.44. The Labute approximate surface area is 103 Å². The molecule has 0 radical (unpaired) electrons. The number of likely N-dealkylation sites (tertiary alicyclic amines) is 1. The van der Waals surface area contributed by atoms with Crippen molar-refractivity contribution in [1.82, 2.24) is 4.90 Å². The minimum Gasteiger partial charge on any atom is -0.399 e. The highest BCUT2D eigenvalue weighted by Crippen LogP contribution is 2.21. The molecule has 0 saturated carbocycles. The van der Waals surface area contributed by atoms with Crippen LogP contribution in [0.5, 0.6) is 0 Å². The summed E-state index contributed by atoms with van der Waals surface area (Å²) in [6, 6.07) is 6.14. The van der Waals surface area contributed by atoms with Crippen molar-refractivity contribution in [3.05, 3.63) is 29.3 Å². The maximum atomic E-state index is 9.11. The van der Waals surface area contributed by atoms with Crippen LogP contribution in [0.1, 0.15) is 24.0 Å². The van der Waals surface area contributed by atoms with E-state index in [1.54, 1.807) is 0 Å². The van der Waals surface area contributed by atoms with Crippen molar-refractivity contribution in [3.63, 3.8) is 0 Å². The van der Waals surface area contributed by atoms with Gasteiger partial charge in [0.1, 0.15) is 0 Å². The van der Waals surface area contributed by atoms with Gasteiger partial charge in [-0.25, -0.2) is 0 Å². The standard InChI is InChI=1S/C14H22N2O/c1-11-13(3-2-4-14(11)15)9-16-7-5-12(10-17)6-8-16/h2-4,12,17H,5-10,15H2,1H3. The summed E-state index contributed by atoms with van der Waals surface area (Å²) in [5, 5.41) is 9.11. The Bertz CT molecular complexity index is 370. The zero-order valence-electron chi connectivity index (χ0n) is 10.5. The lowest BCUT2D eigenvalue weighted by molar-refractivity contribution is 0.127. The third-order valence-electron chi connectivity index (χ3n) is 3.85. The van der Waals surface area contributed by atoms with Crippen LogP contribution < -0.4 is 5.73 Å². The van der Waals surface area contributed by atoms with Crippen molar-refractivity contribution in [3.8, 4) is 0 Å². The zero-order chi connectivity index (χ0) is 12.3. The van der Waals surface area contributed by atoms with Crippen molar-refractivity contribution < 1.29 is 5.11 Å². The molecule has 1 aromatic carbocycles. The van der Waals surface area contributed by atoms with Gasteiger partial charge in [0.05, 0.1) is 0 Å². The molecule has 3 heteroatoms. The maximum Gasteiger partial charge on any atom is 0.0460 e. The van der Waals surface area contributed by atoms with Crippen LogP contribution in [0.15, 0.2) is 18.2 Å². The fourth-order valence-corrected chi connectivity index (χ4v) is 2.44. The molecule has 3 nitrogen and oxygen atoms in total. The number of nitrogens with two attached hydrogens (primary N) is 1. The van der Waals surface area contributed by atoms with Crippen LogP contribution in [0.2, 0.25) is 0 Å². The number of nitrogen functional groups attached to an aromatic ring is 1. The number of benzene rings is 1. The van der Waals surface area contributed by atoms with Gasteiger partial charge in [0.2, 0.25) is 0 Å². The molecule has 1 aliphatic rings. The topological polar surface area (TPSA) is 49.5 Å². The molecule has 1 fully saturated rings. The van der Waals surface area contributed by atoms with Crippen molar-refractivity contribution in [1.29, 1.82) is 0 Å². The van der Waals surface area contributed by atoms with E-state index in [4.69, 9.17) is 10.8 Å². The zero-order valence-corrected chi connectivity index (χ0v) is 10.5. The molecule has 0 amide bonds. The number of rotatable bonds is 3. The molecule has 0 atom stereocenters. The Hall–Kier alpha value is -1.06. The van der Waals surface area contributed by atoms with Crippen LogP contribution in [-0.2, 0) is 6.54 Å². The highest BCUT2D eigenvalue weighted by Gasteiger charge is 2.18. The first-order chi connectivity index (χ1) is 8.20. The van der Waals surface area contributed by atoms with Crippen molar-refractivity contribution in [2.24, 2.45) is 5.92 Å². The minimum atomic E-state index is 0.338. The number of anilines is 1. The van der Waals surface area contributed by atoms with E-state index >= 15 is 0 Å². The first-order valence-electron chi connectivity index (χ1n) is 6.38. The van der Waals surface area contributed by atoms with E-state index in [1.807, 2.05) is 12.1 Å². The normalized spacial score (nSPS) is 18.5. The summed E-state index contributed by atoms with van der Waals surface area (Å²) < 4.78 is 0. The highest BCUT2D eigenvalue weighted by molar-refractivity contribution is 5.49. The predicted octanol–water partition coefficient (Wildman–Crippen LogP) is 1.78. The molecule has 0 aliphatic carbocycles. The van der Waals surface area contributed by atoms with Gasteiger partial charge in [-0.05, 0) is 56.0 Å². The molecule has 17 heavy (non-hydrogen) atoms. The molecule has 1 saturated heterocycles. The summed E-state index contributed by atoms with van der Waals surface area (Å²) >= 11 is 0. The van der Waals surface area contributed by atoms with E-state index in [-0.39, 0.29) is 0 Å². The van der Waals surface area contributed by atoms with Gasteiger partial charge in [0.15, 0.2) is 0 Å². The third-order valence-corrected chi connectivity index (χ3v) is 3.85. The Morgan fingerprint density at radius 1 is 1.35 bits per heavy atom. The van der Waals surface area contributed by atoms with Gasteiger partial charge in [-0.15, -0.1) is 0 Å². The molecular formula is C14H22N2O. The number of hydrogen-bond acceptors (Lipinski definition) is 3. The average molecular weight is 234 g/mol. The first kappa shape index (κ1) is 12.4. The summed E-state index contributed by atoms with van der Waals surface area (Å²) in [4.78, 5) is 2.45. The molecule has 0 spiro atoms. The molecular weight excluding hydrogens is 212 g/mol. The SMILES string of the molecule is Cc1c(N)cccc1CN1CCC(CO)CC1. The third kappa shape index (κ3) is 2.99. The van der Waals surface area contributed by atoms with Gasteiger partial charge >= 0.3 is 0 Å². The van der Waals surface area contributed by atoms with Crippen LogP contribution in [0.4, 0.5) is 5.69 Å². The highest BCUT2D eigenvalue weighted by atomic mass is 16.3. The second-order valence-electron chi connectivity index (χ2n) is 5.03. The molecule has 0 unspecified atom stereocenters. The number of aliphatic hydroxyl groups is 1. The monoisotopic (exact) mass is 234 g/mol. The molecule has 2 rings (SSSR count). The lowest BCUT2D eigenvalue weighted by Crippen LogP contribution is -2.34. The smallest absolute Gasteiger partial charge is 0.0460 e. The Balaban J connectivity index is 1.95. The molecule has 1 aromatic rings. The number of piperidine rings is 1. The van der Waals surface area contributed by atoms with E-state index in [0.29, 0.717) is 12.5 Å². The fraction of sp³-hybridized carbons (Fsp3) is 0.571. The average Bonchev–Trinajstić information content (AvgIpc) is 2.36. The summed E-state index contributed by atoms with van der Waals surface area (Å²) in [5.41, 5.74) is 9.33. The Morgan fingerprint density at radius 2 is 2.06 bits per heavy atom. The second kappa shape index (κ2) is 5.52. The van der Waals surface area contributed by atoms with E-state index in [9.17, 15) is 0 Å². The number of aliphatic hydroxyl groups excluding tert-OH is 1. The van der Waals surface area contributed by atoms with E-state index in [2.05, 4.69) is 17.9 Å². The molecule has 0 bridgehead atoms. The lowest BCUT2D eigenvalue weighted by Gasteiger charge is -2.31. The van der Waals surface area contributed by atoms with Crippen molar-refractivity contribution in [2.45, 2.75) is 26.3 Å². The van der Waals surface area contributed by atoms with Crippen LogP contribution in [0.25, 0.3) is 0 Å². The van der Waals surface area contributed by atoms with Gasteiger partial charge < -0.3 is 10.8 Å². The minimum absolute atomic E-state index is 0.338. The molecule has 1 aliphatic heterocycles. The van der Waals surface area contributed by atoms with E-state index < -0.39 is 0 Å². The Kier molecular flexibility index (Phi) is 4.02. The van der Waals surface area contributed by atoms with Crippen molar-refractivity contribution in [2.75, 3.05) is 25.4 Å². The number of nitrogens with zero attached hydrogens (tertiary/aromatic N) is 1. The molecule has 0 aromatic heterocycles. The second-order valence-corrected chi connectivity index (χ2v) is 5.03. The van der Waals surface area contributed by atoms with Crippen LogP contribution in [0.3, 0.4) is 0 Å². The molecule has 94 valence electrons. The summed E-state index contributed by atoms with van der Waals surface area (Å²) in [5.74, 6) is 0.508. The van der Waals surface area contributed by atoms with Crippen LogP contribution in [0, 0.1) is 12.8 Å². The van der Waals surface area contributed by atoms with E-state index in [1.165, 1.54) is 11.1 Å². The molecule has 3 N–H and O–H groups in total. The quantitative estimate of drug-likeness (QED) is 0.784. The van der Waals surface area contributed by atoms with E-state index in [0.717, 1.165) is 38.2 Å². The van der Waals surface area contributed by atoms with Gasteiger partial charge in [-0.1, -0.05) is 12.1 Å². The largest absolute Gasteiger partial charge is 0.399 e. The van der Waals surface area contributed by atoms with Gasteiger partial charge in [-0.2, -0.15) is 0 Å². The summed E-state index contributed by atoms with van der Waals surface area (Å²) in [6.45, 7) is 5.57. The van der Waals surface area contributed by atoms with Gasteiger partial charge in [-0.3, -0.25) is 4.90 Å².